The molecule has 0 unspecified atom stereocenters. The highest BCUT2D eigenvalue weighted by Gasteiger charge is 2.26. The molecular formula is C14H21N3O3S. The molecule has 0 atom stereocenters. The van der Waals surface area contributed by atoms with Crippen LogP contribution in [0.1, 0.15) is 25.7 Å². The summed E-state index contributed by atoms with van der Waals surface area (Å²) in [4.78, 5) is 4.51. The van der Waals surface area contributed by atoms with Crippen molar-refractivity contribution in [3.05, 3.63) is 18.3 Å². The van der Waals surface area contributed by atoms with Gasteiger partial charge in [0.25, 0.3) is 0 Å². The zero-order chi connectivity index (χ0) is 14.7. The number of ether oxygens (including phenoxy) is 1. The molecule has 1 saturated heterocycles. The summed E-state index contributed by atoms with van der Waals surface area (Å²) < 4.78 is 31.6. The van der Waals surface area contributed by atoms with E-state index in [1.165, 1.54) is 23.3 Å². The number of hydrogen-bond donors (Lipinski definition) is 1. The smallest absolute Gasteiger partial charge is 0.244 e. The molecule has 1 aliphatic carbocycles. The molecule has 0 bridgehead atoms. The van der Waals surface area contributed by atoms with Gasteiger partial charge in [0, 0.05) is 25.3 Å². The lowest BCUT2D eigenvalue weighted by Gasteiger charge is -2.26. The molecule has 2 aliphatic rings. The molecule has 1 aromatic rings. The third-order valence-electron chi connectivity index (χ3n) is 4.05. The Morgan fingerprint density at radius 3 is 2.52 bits per heavy atom. The fourth-order valence-corrected chi connectivity index (χ4v) is 4.19. The molecule has 21 heavy (non-hydrogen) atoms. The third kappa shape index (κ3) is 3.36. The van der Waals surface area contributed by atoms with Gasteiger partial charge < -0.3 is 10.1 Å². The van der Waals surface area contributed by atoms with Crippen molar-refractivity contribution in [3.63, 3.8) is 0 Å². The highest BCUT2D eigenvalue weighted by Crippen LogP contribution is 2.22. The maximum absolute atomic E-state index is 12.5. The Kier molecular flexibility index (Phi) is 4.42. The van der Waals surface area contributed by atoms with Crippen LogP contribution in [-0.2, 0) is 14.8 Å². The number of nitrogens with zero attached hydrogens (tertiary/aromatic N) is 2. The van der Waals surface area contributed by atoms with Crippen LogP contribution < -0.4 is 5.32 Å². The lowest BCUT2D eigenvalue weighted by molar-refractivity contribution is 0.0730. The summed E-state index contributed by atoms with van der Waals surface area (Å²) in [6, 6.07) is 3.86. The van der Waals surface area contributed by atoms with Gasteiger partial charge >= 0.3 is 0 Å². The largest absolute Gasteiger partial charge is 0.379 e. The lowest BCUT2D eigenvalue weighted by Crippen LogP contribution is -2.40. The van der Waals surface area contributed by atoms with Crippen LogP contribution in [-0.4, -0.2) is 50.1 Å². The molecule has 0 amide bonds. The average Bonchev–Trinajstić information content (AvgIpc) is 3.02. The van der Waals surface area contributed by atoms with E-state index in [0.717, 1.165) is 18.7 Å². The molecule has 2 heterocycles. The van der Waals surface area contributed by atoms with E-state index >= 15 is 0 Å². The molecule has 2 fully saturated rings. The molecule has 1 N–H and O–H groups in total. The highest BCUT2D eigenvalue weighted by atomic mass is 32.2. The van der Waals surface area contributed by atoms with Gasteiger partial charge in [0.1, 0.15) is 10.7 Å². The van der Waals surface area contributed by atoms with E-state index in [9.17, 15) is 8.42 Å². The molecule has 0 radical (unpaired) electrons. The molecular weight excluding hydrogens is 290 g/mol. The summed E-state index contributed by atoms with van der Waals surface area (Å²) in [6.07, 6.45) is 6.27. The number of aromatic nitrogens is 1. The second-order valence-electron chi connectivity index (χ2n) is 5.52. The number of pyridine rings is 1. The zero-order valence-corrected chi connectivity index (χ0v) is 12.8. The van der Waals surface area contributed by atoms with Gasteiger partial charge in [0.2, 0.25) is 10.0 Å². The van der Waals surface area contributed by atoms with E-state index in [0.29, 0.717) is 32.3 Å². The number of morpholine rings is 1. The predicted octanol–water partition coefficient (Wildman–Crippen LogP) is 1.46. The fraction of sp³-hybridized carbons (Fsp3) is 0.643. The second kappa shape index (κ2) is 6.29. The van der Waals surface area contributed by atoms with Gasteiger partial charge in [-0.15, -0.1) is 0 Å². The normalized spacial score (nSPS) is 21.5. The average molecular weight is 311 g/mol. The van der Waals surface area contributed by atoms with Gasteiger partial charge in [-0.25, -0.2) is 13.4 Å². The number of nitrogens with one attached hydrogen (secondary N) is 1. The van der Waals surface area contributed by atoms with Crippen LogP contribution in [0.25, 0.3) is 0 Å². The topological polar surface area (TPSA) is 71.5 Å². The van der Waals surface area contributed by atoms with Crippen LogP contribution in [0.5, 0.6) is 0 Å². The quantitative estimate of drug-likeness (QED) is 0.911. The molecule has 116 valence electrons. The van der Waals surface area contributed by atoms with Gasteiger partial charge in [0.05, 0.1) is 13.2 Å². The summed E-state index contributed by atoms with van der Waals surface area (Å²) in [6.45, 7) is 1.72. The van der Waals surface area contributed by atoms with E-state index in [1.807, 2.05) is 0 Å². The van der Waals surface area contributed by atoms with E-state index in [1.54, 1.807) is 12.1 Å². The Bertz CT molecular complexity index is 562. The SMILES string of the molecule is O=S(=O)(c1ccc(NC2CCCC2)nc1)N1CCOCC1. The summed E-state index contributed by atoms with van der Waals surface area (Å²) >= 11 is 0. The second-order valence-corrected chi connectivity index (χ2v) is 7.46. The molecule has 0 spiro atoms. The van der Waals surface area contributed by atoms with Crippen LogP contribution in [0, 0.1) is 0 Å². The summed E-state index contributed by atoms with van der Waals surface area (Å²) in [5.41, 5.74) is 0. The van der Waals surface area contributed by atoms with Crippen LogP contribution in [0.15, 0.2) is 23.2 Å². The summed E-state index contributed by atoms with van der Waals surface area (Å²) in [7, 11) is -3.44. The van der Waals surface area contributed by atoms with Crippen molar-refractivity contribution < 1.29 is 13.2 Å². The van der Waals surface area contributed by atoms with E-state index in [2.05, 4.69) is 10.3 Å². The predicted molar refractivity (Wildman–Crippen MR) is 79.7 cm³/mol. The van der Waals surface area contributed by atoms with E-state index in [4.69, 9.17) is 4.74 Å². The van der Waals surface area contributed by atoms with Crippen molar-refractivity contribution in [3.8, 4) is 0 Å². The molecule has 1 aromatic heterocycles. The fourth-order valence-electron chi connectivity index (χ4n) is 2.83. The monoisotopic (exact) mass is 311 g/mol. The molecule has 0 aromatic carbocycles. The van der Waals surface area contributed by atoms with Crippen molar-refractivity contribution in [2.24, 2.45) is 0 Å². The van der Waals surface area contributed by atoms with Crippen molar-refractivity contribution in [2.75, 3.05) is 31.6 Å². The number of anilines is 1. The van der Waals surface area contributed by atoms with Crippen molar-refractivity contribution in [1.82, 2.24) is 9.29 Å². The van der Waals surface area contributed by atoms with Crippen molar-refractivity contribution in [2.45, 2.75) is 36.6 Å². The minimum absolute atomic E-state index is 0.251. The van der Waals surface area contributed by atoms with Gasteiger partial charge in [-0.05, 0) is 25.0 Å². The first kappa shape index (κ1) is 14.7. The molecule has 7 heteroatoms. The highest BCUT2D eigenvalue weighted by molar-refractivity contribution is 7.89. The van der Waals surface area contributed by atoms with E-state index < -0.39 is 10.0 Å². The summed E-state index contributed by atoms with van der Waals surface area (Å²) in [5.74, 6) is 0.753. The standard InChI is InChI=1S/C14H21N3O3S/c18-21(19,17-7-9-20-10-8-17)13-5-6-14(15-11-13)16-12-3-1-2-4-12/h5-6,11-12H,1-4,7-10H2,(H,15,16). The maximum atomic E-state index is 12.5. The zero-order valence-electron chi connectivity index (χ0n) is 12.0. The third-order valence-corrected chi connectivity index (χ3v) is 5.93. The molecule has 1 aliphatic heterocycles. The Morgan fingerprint density at radius 2 is 1.90 bits per heavy atom. The van der Waals surface area contributed by atoms with E-state index in [-0.39, 0.29) is 4.90 Å². The lowest BCUT2D eigenvalue weighted by atomic mass is 10.2. The van der Waals surface area contributed by atoms with Crippen LogP contribution >= 0.6 is 0 Å². The first-order valence-corrected chi connectivity index (χ1v) is 8.91. The van der Waals surface area contributed by atoms with Gasteiger partial charge in [-0.1, -0.05) is 12.8 Å². The number of hydrogen-bond acceptors (Lipinski definition) is 5. The molecule has 6 nitrogen and oxygen atoms in total. The van der Waals surface area contributed by atoms with Crippen LogP contribution in [0.3, 0.4) is 0 Å². The Hall–Kier alpha value is -1.18. The molecule has 3 rings (SSSR count). The number of sulfonamides is 1. The summed E-state index contributed by atoms with van der Waals surface area (Å²) in [5, 5.41) is 3.36. The Morgan fingerprint density at radius 1 is 1.19 bits per heavy atom. The minimum Gasteiger partial charge on any atom is -0.379 e. The number of rotatable bonds is 4. The van der Waals surface area contributed by atoms with Crippen molar-refractivity contribution in [1.29, 1.82) is 0 Å². The Labute approximate surface area is 125 Å². The van der Waals surface area contributed by atoms with Crippen molar-refractivity contribution >= 4 is 15.8 Å². The Balaban J connectivity index is 1.70. The van der Waals surface area contributed by atoms with Crippen LogP contribution in [0.2, 0.25) is 0 Å². The molecule has 1 saturated carbocycles. The van der Waals surface area contributed by atoms with Gasteiger partial charge in [0.15, 0.2) is 0 Å². The maximum Gasteiger partial charge on any atom is 0.244 e. The minimum atomic E-state index is -3.44. The van der Waals surface area contributed by atoms with Crippen LogP contribution in [0.4, 0.5) is 5.82 Å². The van der Waals surface area contributed by atoms with Gasteiger partial charge in [-0.3, -0.25) is 0 Å². The van der Waals surface area contributed by atoms with Gasteiger partial charge in [-0.2, -0.15) is 4.31 Å². The first-order chi connectivity index (χ1) is 10.2. The first-order valence-electron chi connectivity index (χ1n) is 7.47.